The maximum absolute atomic E-state index is 11.6. The van der Waals surface area contributed by atoms with Gasteiger partial charge in [0.2, 0.25) is 12.0 Å². The SMILES string of the molecule is CC(=O)O[C@H]1[C@H](OC[C@H]2O[C@@H](Oc3cc4c(O)cc(O)cc4[o+]c3-c3cc(O)c(O)c(O)c3)[C@H](O)[C@@H](O)[C@@H]2O)O[C@@H](C)[C@H](O)[C@H]1O. The monoisotopic (exact) mass is 653 g/mol. The molecular weight excluding hydrogens is 620 g/mol. The Labute approximate surface area is 259 Å². The summed E-state index contributed by atoms with van der Waals surface area (Å²) in [5.74, 6) is -4.53. The third kappa shape index (κ3) is 6.39. The van der Waals surface area contributed by atoms with Gasteiger partial charge >= 0.3 is 17.3 Å². The van der Waals surface area contributed by atoms with Gasteiger partial charge in [0.15, 0.2) is 29.6 Å². The number of phenolic OH excluding ortho intramolecular Hbond substituents is 5. The van der Waals surface area contributed by atoms with Crippen LogP contribution in [0.4, 0.5) is 0 Å². The lowest BCUT2D eigenvalue weighted by Gasteiger charge is -2.43. The van der Waals surface area contributed by atoms with Gasteiger partial charge in [-0.15, -0.1) is 0 Å². The highest BCUT2D eigenvalue weighted by Crippen LogP contribution is 2.45. The van der Waals surface area contributed by atoms with E-state index >= 15 is 0 Å². The Bertz CT molecular complexity index is 1570. The highest BCUT2D eigenvalue weighted by atomic mass is 16.7. The van der Waals surface area contributed by atoms with Gasteiger partial charge in [0.05, 0.1) is 24.3 Å². The van der Waals surface area contributed by atoms with Gasteiger partial charge in [-0.2, -0.15) is 0 Å². The van der Waals surface area contributed by atoms with Crippen LogP contribution in [0.1, 0.15) is 13.8 Å². The quantitative estimate of drug-likeness (QED) is 0.0875. The number of carbonyl (C=O) groups is 1. The maximum atomic E-state index is 11.6. The fourth-order valence-electron chi connectivity index (χ4n) is 5.13. The van der Waals surface area contributed by atoms with Crippen LogP contribution >= 0.6 is 0 Å². The number of carbonyl (C=O) groups excluding carboxylic acids is 1. The van der Waals surface area contributed by atoms with Gasteiger partial charge < -0.3 is 74.7 Å². The molecule has 17 nitrogen and oxygen atoms in total. The zero-order chi connectivity index (χ0) is 33.6. The van der Waals surface area contributed by atoms with E-state index in [1.165, 1.54) is 13.0 Å². The molecule has 0 bridgehead atoms. The number of ether oxygens (including phenoxy) is 5. The van der Waals surface area contributed by atoms with Crippen molar-refractivity contribution in [2.45, 2.75) is 75.3 Å². The molecule has 5 rings (SSSR count). The molecule has 2 aromatic carbocycles. The second-order valence-electron chi connectivity index (χ2n) is 10.9. The molecule has 0 radical (unpaired) electrons. The Balaban J connectivity index is 1.45. The molecule has 0 unspecified atom stereocenters. The highest BCUT2D eigenvalue weighted by molar-refractivity contribution is 5.88. The first-order valence-corrected chi connectivity index (χ1v) is 13.9. The van der Waals surface area contributed by atoms with Crippen LogP contribution in [-0.2, 0) is 23.7 Å². The lowest BCUT2D eigenvalue weighted by Crippen LogP contribution is -2.62. The van der Waals surface area contributed by atoms with Crippen molar-refractivity contribution in [3.8, 4) is 45.8 Å². The van der Waals surface area contributed by atoms with Crippen molar-refractivity contribution in [3.05, 3.63) is 30.3 Å². The number of hydrogen-bond acceptors (Lipinski definition) is 16. The average molecular weight is 654 g/mol. The van der Waals surface area contributed by atoms with E-state index in [-0.39, 0.29) is 33.8 Å². The standard InChI is InChI=1S/C29H32O17/c1-9-20(35)24(39)27(43-10(2)30)29(42-9)41-8-19-22(37)23(38)25(40)28(46-19)45-18-7-13-14(32)5-12(31)6-17(13)44-26(18)11-3-15(33)21(36)16(34)4-11/h3-7,9,19-20,22-25,27-29,35,37-40H,8H2,1-2H3,(H4-,31,32,33,34,36)/p+1/t9-,19+,20-,22+,23-,24+,25+,27+,28+,29+/m0/s1. The fraction of sp³-hybridized carbons (Fsp3) is 0.448. The number of phenols is 5. The van der Waals surface area contributed by atoms with Gasteiger partial charge in [0.1, 0.15) is 53.5 Å². The molecule has 2 fully saturated rings. The first-order valence-electron chi connectivity index (χ1n) is 13.9. The molecule has 0 spiro atoms. The fourth-order valence-corrected chi connectivity index (χ4v) is 5.13. The topological polar surface area (TPSA) is 277 Å². The van der Waals surface area contributed by atoms with E-state index in [0.717, 1.165) is 31.2 Å². The Kier molecular flexibility index (Phi) is 9.30. The Hall–Kier alpha value is -4.20. The minimum absolute atomic E-state index is 0.00429. The molecule has 3 aromatic rings. The van der Waals surface area contributed by atoms with Crippen molar-refractivity contribution in [2.75, 3.05) is 6.61 Å². The molecule has 2 aliphatic rings. The van der Waals surface area contributed by atoms with E-state index in [1.807, 2.05) is 0 Å². The lowest BCUT2D eigenvalue weighted by molar-refractivity contribution is -0.320. The number of aliphatic hydroxyl groups is 5. The van der Waals surface area contributed by atoms with E-state index in [9.17, 15) is 55.9 Å². The summed E-state index contributed by atoms with van der Waals surface area (Å²) in [6.07, 6.45) is -15.7. The van der Waals surface area contributed by atoms with E-state index in [2.05, 4.69) is 0 Å². The molecule has 0 amide bonds. The number of hydrogen-bond donors (Lipinski definition) is 10. The third-order valence-corrected chi connectivity index (χ3v) is 7.57. The normalized spacial score (nSPS) is 31.5. The van der Waals surface area contributed by atoms with E-state index in [4.69, 9.17) is 28.1 Å². The van der Waals surface area contributed by atoms with Gasteiger partial charge in [-0.3, -0.25) is 4.79 Å². The predicted octanol–water partition coefficient (Wildman–Crippen LogP) is -0.490. The summed E-state index contributed by atoms with van der Waals surface area (Å²) in [5, 5.41) is 103. The molecule has 250 valence electrons. The second kappa shape index (κ2) is 12.9. The van der Waals surface area contributed by atoms with Crippen LogP contribution < -0.4 is 4.74 Å². The van der Waals surface area contributed by atoms with Crippen LogP contribution in [0.25, 0.3) is 22.3 Å². The lowest BCUT2D eigenvalue weighted by atomic mass is 9.98. The van der Waals surface area contributed by atoms with E-state index in [0.29, 0.717) is 0 Å². The minimum Gasteiger partial charge on any atom is -0.507 e. The Morgan fingerprint density at radius 3 is 2.13 bits per heavy atom. The molecule has 3 heterocycles. The number of esters is 1. The summed E-state index contributed by atoms with van der Waals surface area (Å²) in [4.78, 5) is 11.6. The van der Waals surface area contributed by atoms with Crippen LogP contribution in [0.3, 0.4) is 0 Å². The van der Waals surface area contributed by atoms with Crippen LogP contribution in [0.15, 0.2) is 34.7 Å². The molecule has 10 N–H and O–H groups in total. The summed E-state index contributed by atoms with van der Waals surface area (Å²) in [5.41, 5.74) is -0.172. The molecule has 0 saturated carbocycles. The van der Waals surface area contributed by atoms with Crippen LogP contribution in [-0.4, -0.2) is 125 Å². The molecule has 2 aliphatic heterocycles. The molecule has 2 saturated heterocycles. The first kappa shape index (κ1) is 33.2. The van der Waals surface area contributed by atoms with Crippen LogP contribution in [0, 0.1) is 0 Å². The number of rotatable bonds is 7. The van der Waals surface area contributed by atoms with Gasteiger partial charge in [-0.05, 0) is 6.92 Å². The molecule has 10 atom stereocenters. The van der Waals surface area contributed by atoms with E-state index < -0.39 is 97.0 Å². The Morgan fingerprint density at radius 2 is 1.48 bits per heavy atom. The van der Waals surface area contributed by atoms with Crippen molar-refractivity contribution in [1.29, 1.82) is 0 Å². The summed E-state index contributed by atoms with van der Waals surface area (Å²) in [7, 11) is 0. The van der Waals surface area contributed by atoms with Crippen LogP contribution in [0.2, 0.25) is 0 Å². The van der Waals surface area contributed by atoms with Crippen molar-refractivity contribution >= 4 is 16.9 Å². The Morgan fingerprint density at radius 1 is 0.804 bits per heavy atom. The molecular formula is C29H33O17+. The zero-order valence-electron chi connectivity index (χ0n) is 24.2. The van der Waals surface area contributed by atoms with Crippen LogP contribution in [0.5, 0.6) is 34.5 Å². The summed E-state index contributed by atoms with van der Waals surface area (Å²) in [6.45, 7) is 1.92. The predicted molar refractivity (Wildman–Crippen MR) is 150 cm³/mol. The smallest absolute Gasteiger partial charge is 0.402 e. The molecule has 17 heteroatoms. The molecule has 0 aliphatic carbocycles. The molecule has 1 aromatic heterocycles. The zero-order valence-corrected chi connectivity index (χ0v) is 24.2. The minimum atomic E-state index is -1.90. The van der Waals surface area contributed by atoms with Crippen molar-refractivity contribution in [2.24, 2.45) is 0 Å². The number of benzene rings is 2. The molecule has 46 heavy (non-hydrogen) atoms. The summed E-state index contributed by atoms with van der Waals surface area (Å²) < 4.78 is 33.6. The number of aromatic hydroxyl groups is 5. The van der Waals surface area contributed by atoms with Crippen molar-refractivity contribution < 1.29 is 84.0 Å². The van der Waals surface area contributed by atoms with Crippen molar-refractivity contribution in [3.63, 3.8) is 0 Å². The van der Waals surface area contributed by atoms with Gasteiger partial charge in [0, 0.05) is 31.2 Å². The number of aliphatic hydroxyl groups excluding tert-OH is 5. The van der Waals surface area contributed by atoms with E-state index in [1.54, 1.807) is 0 Å². The first-order chi connectivity index (χ1) is 21.7. The highest BCUT2D eigenvalue weighted by Gasteiger charge is 2.49. The number of fused-ring (bicyclic) bond motifs is 1. The van der Waals surface area contributed by atoms with Gasteiger partial charge in [-0.1, -0.05) is 0 Å². The summed E-state index contributed by atoms with van der Waals surface area (Å²) >= 11 is 0. The average Bonchev–Trinajstić information content (AvgIpc) is 2.99. The van der Waals surface area contributed by atoms with Gasteiger partial charge in [-0.25, -0.2) is 4.42 Å². The van der Waals surface area contributed by atoms with Gasteiger partial charge in [0.25, 0.3) is 0 Å². The summed E-state index contributed by atoms with van der Waals surface area (Å²) in [6, 6.07) is 5.36. The largest absolute Gasteiger partial charge is 0.507 e. The maximum Gasteiger partial charge on any atom is 0.402 e. The second-order valence-corrected chi connectivity index (χ2v) is 10.9. The van der Waals surface area contributed by atoms with Crippen molar-refractivity contribution in [1.82, 2.24) is 0 Å². The third-order valence-electron chi connectivity index (χ3n) is 7.57.